The number of fused-ring (bicyclic) bond motifs is 1. The summed E-state index contributed by atoms with van der Waals surface area (Å²) in [5, 5.41) is 6.91. The van der Waals surface area contributed by atoms with Gasteiger partial charge in [-0.3, -0.25) is 4.79 Å². The van der Waals surface area contributed by atoms with Crippen molar-refractivity contribution in [1.29, 1.82) is 0 Å². The van der Waals surface area contributed by atoms with Crippen LogP contribution in [0.5, 0.6) is 0 Å². The molecular formula is C33H35N5O3S. The largest absolute Gasteiger partial charge is 0.444 e. The number of carbonyl (C=O) groups excluding carboxylic acids is 2. The number of nitrogen functional groups attached to an aromatic ring is 1. The van der Waals surface area contributed by atoms with E-state index in [-0.39, 0.29) is 11.9 Å². The lowest BCUT2D eigenvalue weighted by atomic mass is 10.1. The Kier molecular flexibility index (Phi) is 8.31. The first kappa shape index (κ1) is 28.9. The van der Waals surface area contributed by atoms with Crippen LogP contribution in [0.2, 0.25) is 0 Å². The number of hydrogen-bond donors (Lipinski definition) is 3. The lowest BCUT2D eigenvalue weighted by Gasteiger charge is -2.22. The minimum absolute atomic E-state index is 0.0744. The molecule has 0 spiro atoms. The zero-order valence-corrected chi connectivity index (χ0v) is 24.8. The van der Waals surface area contributed by atoms with Crippen molar-refractivity contribution < 1.29 is 14.3 Å². The van der Waals surface area contributed by atoms with E-state index < -0.39 is 11.7 Å². The van der Waals surface area contributed by atoms with Crippen molar-refractivity contribution >= 4 is 51.0 Å². The molecule has 0 saturated carbocycles. The molecule has 42 heavy (non-hydrogen) atoms. The second kappa shape index (κ2) is 12.1. The summed E-state index contributed by atoms with van der Waals surface area (Å²) in [5.41, 5.74) is 10.3. The normalized spacial score (nSPS) is 15.2. The number of benzene rings is 3. The highest BCUT2D eigenvalue weighted by Gasteiger charge is 2.30. The van der Waals surface area contributed by atoms with Gasteiger partial charge >= 0.3 is 6.09 Å². The Labute approximate surface area is 249 Å². The summed E-state index contributed by atoms with van der Waals surface area (Å²) in [5.74, 6) is 0.402. The van der Waals surface area contributed by atoms with Crippen LogP contribution in [-0.4, -0.2) is 47.8 Å². The van der Waals surface area contributed by atoms with Gasteiger partial charge in [0.15, 0.2) is 0 Å². The number of anilines is 2. The number of aliphatic imine (C=N–C) groups is 1. The van der Waals surface area contributed by atoms with Gasteiger partial charge in [0.1, 0.15) is 11.4 Å². The van der Waals surface area contributed by atoms with Crippen molar-refractivity contribution in [1.82, 2.24) is 10.2 Å². The zero-order chi connectivity index (χ0) is 29.9. The fraction of sp³-hybridized carbons (Fsp3) is 0.242. The first-order valence-corrected chi connectivity index (χ1v) is 14.6. The Morgan fingerprint density at radius 1 is 1.07 bits per heavy atom. The van der Waals surface area contributed by atoms with Crippen LogP contribution < -0.4 is 16.4 Å². The SMILES string of the molecule is C=C(/N=C\c1ccc2sc(C(=O)N3CCC(NC(=O)OC(C)(C)C)C3)cc2c1N)Nc1cccc(-c2ccccc2)c1. The van der Waals surface area contributed by atoms with Gasteiger partial charge in [-0.15, -0.1) is 11.3 Å². The molecule has 1 unspecified atom stereocenters. The number of likely N-dealkylation sites (tertiary alicyclic amines) is 1. The van der Waals surface area contributed by atoms with E-state index >= 15 is 0 Å². The summed E-state index contributed by atoms with van der Waals surface area (Å²) in [6.45, 7) is 10.5. The fourth-order valence-electron chi connectivity index (χ4n) is 4.81. The molecular weight excluding hydrogens is 546 g/mol. The number of ether oxygens (including phenoxy) is 1. The molecule has 9 heteroatoms. The molecule has 216 valence electrons. The van der Waals surface area contributed by atoms with Crippen LogP contribution in [0.25, 0.3) is 21.2 Å². The molecule has 2 amide bonds. The minimum Gasteiger partial charge on any atom is -0.444 e. The van der Waals surface area contributed by atoms with Crippen molar-refractivity contribution in [3.8, 4) is 11.1 Å². The van der Waals surface area contributed by atoms with Crippen LogP contribution in [-0.2, 0) is 4.74 Å². The molecule has 0 aliphatic carbocycles. The lowest BCUT2D eigenvalue weighted by molar-refractivity contribution is 0.0502. The Hall–Kier alpha value is -4.63. The Balaban J connectivity index is 1.23. The van der Waals surface area contributed by atoms with E-state index in [9.17, 15) is 9.59 Å². The summed E-state index contributed by atoms with van der Waals surface area (Å²) in [4.78, 5) is 32.3. The smallest absolute Gasteiger partial charge is 0.407 e. The molecule has 1 saturated heterocycles. The van der Waals surface area contributed by atoms with Crippen molar-refractivity contribution in [2.45, 2.75) is 38.8 Å². The molecule has 1 aliphatic rings. The summed E-state index contributed by atoms with van der Waals surface area (Å²) in [7, 11) is 0. The Morgan fingerprint density at radius 3 is 2.60 bits per heavy atom. The second-order valence-corrected chi connectivity index (χ2v) is 12.3. The number of amides is 2. The second-order valence-electron chi connectivity index (χ2n) is 11.3. The van der Waals surface area contributed by atoms with Gasteiger partial charge in [-0.05, 0) is 68.7 Å². The molecule has 1 fully saturated rings. The first-order valence-electron chi connectivity index (χ1n) is 13.8. The van der Waals surface area contributed by atoms with E-state index in [4.69, 9.17) is 10.5 Å². The summed E-state index contributed by atoms with van der Waals surface area (Å²) < 4.78 is 6.27. The van der Waals surface area contributed by atoms with Gasteiger partial charge < -0.3 is 26.0 Å². The number of nitrogens with two attached hydrogens (primary N) is 1. The number of nitrogens with one attached hydrogen (secondary N) is 2. The number of nitrogens with zero attached hydrogens (tertiary/aromatic N) is 2. The summed E-state index contributed by atoms with van der Waals surface area (Å²) >= 11 is 1.41. The topological polar surface area (TPSA) is 109 Å². The molecule has 4 N–H and O–H groups in total. The average Bonchev–Trinajstić information content (AvgIpc) is 3.60. The van der Waals surface area contributed by atoms with Gasteiger partial charge in [0.25, 0.3) is 5.91 Å². The fourth-order valence-corrected chi connectivity index (χ4v) is 5.86. The lowest BCUT2D eigenvalue weighted by Crippen LogP contribution is -2.41. The van der Waals surface area contributed by atoms with Crippen LogP contribution in [0.15, 0.2) is 90.2 Å². The quantitative estimate of drug-likeness (QED) is 0.163. The number of alkyl carbamates (subject to hydrolysis) is 1. The predicted octanol–water partition coefficient (Wildman–Crippen LogP) is 6.89. The standard InChI is InChI=1S/C33H35N5O3S/c1-21(36-25-12-8-11-23(17-25)22-9-6-5-7-10-22)35-19-24-13-14-28-27(30(24)34)18-29(42-28)31(39)38-16-15-26(20-38)37-32(40)41-33(2,3)4/h5-14,17-19,26,36H,1,15-16,20,34H2,2-4H3,(H,37,40)/b35-19-. The highest BCUT2D eigenvalue weighted by atomic mass is 32.1. The third kappa shape index (κ3) is 6.98. The van der Waals surface area contributed by atoms with Crippen molar-refractivity contribution in [2.24, 2.45) is 4.99 Å². The molecule has 5 rings (SSSR count). The third-order valence-corrected chi connectivity index (χ3v) is 7.89. The maximum atomic E-state index is 13.3. The highest BCUT2D eigenvalue weighted by molar-refractivity contribution is 7.20. The Bertz CT molecular complexity index is 1660. The van der Waals surface area contributed by atoms with E-state index in [1.165, 1.54) is 11.3 Å². The Morgan fingerprint density at radius 2 is 1.83 bits per heavy atom. The van der Waals surface area contributed by atoms with E-state index in [0.717, 1.165) is 32.5 Å². The molecule has 0 bridgehead atoms. The van der Waals surface area contributed by atoms with Crippen molar-refractivity contribution in [3.05, 3.63) is 95.6 Å². The monoisotopic (exact) mass is 581 g/mol. The van der Waals surface area contributed by atoms with E-state index in [1.807, 2.05) is 69.3 Å². The maximum absolute atomic E-state index is 13.3. The molecule has 0 radical (unpaired) electrons. The van der Waals surface area contributed by atoms with Crippen LogP contribution >= 0.6 is 11.3 Å². The molecule has 8 nitrogen and oxygen atoms in total. The third-order valence-electron chi connectivity index (χ3n) is 6.80. The van der Waals surface area contributed by atoms with E-state index in [1.54, 1.807) is 11.1 Å². The van der Waals surface area contributed by atoms with Gasteiger partial charge in [-0.1, -0.05) is 49.0 Å². The van der Waals surface area contributed by atoms with Gasteiger partial charge in [-0.25, -0.2) is 9.79 Å². The summed E-state index contributed by atoms with van der Waals surface area (Å²) in [6.07, 6.45) is 1.88. The zero-order valence-electron chi connectivity index (χ0n) is 24.0. The number of carbonyl (C=O) groups is 2. The van der Waals surface area contributed by atoms with Crippen LogP contribution in [0.1, 0.15) is 42.4 Å². The molecule has 1 atom stereocenters. The van der Waals surface area contributed by atoms with Crippen LogP contribution in [0.3, 0.4) is 0 Å². The van der Waals surface area contributed by atoms with Crippen molar-refractivity contribution in [3.63, 3.8) is 0 Å². The highest BCUT2D eigenvalue weighted by Crippen LogP contribution is 2.33. The van der Waals surface area contributed by atoms with Gasteiger partial charge in [-0.2, -0.15) is 0 Å². The predicted molar refractivity (Wildman–Crippen MR) is 172 cm³/mol. The van der Waals surface area contributed by atoms with Gasteiger partial charge in [0, 0.05) is 46.3 Å². The van der Waals surface area contributed by atoms with Gasteiger partial charge in [0.2, 0.25) is 0 Å². The molecule has 4 aromatic rings. The maximum Gasteiger partial charge on any atom is 0.407 e. The van der Waals surface area contributed by atoms with Crippen molar-refractivity contribution in [2.75, 3.05) is 24.1 Å². The number of rotatable bonds is 7. The first-order chi connectivity index (χ1) is 20.1. The molecule has 1 aromatic heterocycles. The number of thiophene rings is 1. The van der Waals surface area contributed by atoms with Crippen LogP contribution in [0.4, 0.5) is 16.2 Å². The summed E-state index contributed by atoms with van der Waals surface area (Å²) in [6, 6.07) is 23.8. The van der Waals surface area contributed by atoms with E-state index in [0.29, 0.717) is 35.9 Å². The number of hydrogen-bond acceptors (Lipinski definition) is 7. The van der Waals surface area contributed by atoms with E-state index in [2.05, 4.69) is 46.5 Å². The molecule has 1 aliphatic heterocycles. The van der Waals surface area contributed by atoms with Crippen LogP contribution in [0, 0.1) is 0 Å². The minimum atomic E-state index is -0.572. The average molecular weight is 582 g/mol. The van der Waals surface area contributed by atoms with Gasteiger partial charge in [0.05, 0.1) is 10.9 Å². The molecule has 2 heterocycles. The molecule has 3 aromatic carbocycles.